The number of hydrogen-bond donors (Lipinski definition) is 0. The molecule has 23 heavy (non-hydrogen) atoms. The number of ether oxygens (including phenoxy) is 3. The lowest BCUT2D eigenvalue weighted by Gasteiger charge is -2.28. The SMILES string of the molecule is COCCc1nsc(N2CCc3cc(OC)c(OC)cc3C2)n1. The molecule has 1 aromatic heterocycles. The lowest BCUT2D eigenvalue weighted by Crippen LogP contribution is -2.30. The molecule has 124 valence electrons. The first-order chi connectivity index (χ1) is 11.2. The normalized spacial score (nSPS) is 13.8. The van der Waals surface area contributed by atoms with E-state index in [1.165, 1.54) is 22.7 Å². The molecular formula is C16H21N3O3S. The van der Waals surface area contributed by atoms with Gasteiger partial charge in [0.25, 0.3) is 0 Å². The van der Waals surface area contributed by atoms with E-state index >= 15 is 0 Å². The number of benzene rings is 1. The third kappa shape index (κ3) is 3.40. The predicted octanol–water partition coefficient (Wildman–Crippen LogP) is 2.31. The quantitative estimate of drug-likeness (QED) is 0.807. The summed E-state index contributed by atoms with van der Waals surface area (Å²) in [5.41, 5.74) is 2.56. The van der Waals surface area contributed by atoms with Gasteiger partial charge >= 0.3 is 0 Å². The van der Waals surface area contributed by atoms with Crippen LogP contribution in [0.25, 0.3) is 0 Å². The highest BCUT2D eigenvalue weighted by atomic mass is 32.1. The number of anilines is 1. The van der Waals surface area contributed by atoms with Crippen molar-refractivity contribution >= 4 is 16.7 Å². The average Bonchev–Trinajstić information content (AvgIpc) is 3.07. The van der Waals surface area contributed by atoms with Gasteiger partial charge in [0.05, 0.1) is 20.8 Å². The van der Waals surface area contributed by atoms with Gasteiger partial charge in [-0.3, -0.25) is 0 Å². The summed E-state index contributed by atoms with van der Waals surface area (Å²) in [7, 11) is 5.02. The van der Waals surface area contributed by atoms with Crippen molar-refractivity contribution in [2.75, 3.05) is 39.4 Å². The van der Waals surface area contributed by atoms with E-state index in [1.54, 1.807) is 21.3 Å². The first-order valence-electron chi connectivity index (χ1n) is 7.55. The van der Waals surface area contributed by atoms with Crippen LogP contribution in [0.1, 0.15) is 17.0 Å². The molecule has 0 atom stereocenters. The van der Waals surface area contributed by atoms with Crippen molar-refractivity contribution in [2.45, 2.75) is 19.4 Å². The monoisotopic (exact) mass is 335 g/mol. The minimum absolute atomic E-state index is 0.649. The largest absolute Gasteiger partial charge is 0.493 e. The van der Waals surface area contributed by atoms with Crippen molar-refractivity contribution in [3.05, 3.63) is 29.1 Å². The lowest BCUT2D eigenvalue weighted by atomic mass is 9.99. The molecule has 6 nitrogen and oxygen atoms in total. The molecule has 0 saturated heterocycles. The summed E-state index contributed by atoms with van der Waals surface area (Å²) in [5.74, 6) is 2.41. The van der Waals surface area contributed by atoms with Gasteiger partial charge in [0.15, 0.2) is 11.5 Å². The molecule has 1 aliphatic heterocycles. The molecule has 0 aliphatic carbocycles. The highest BCUT2D eigenvalue weighted by Crippen LogP contribution is 2.34. The van der Waals surface area contributed by atoms with E-state index in [0.717, 1.165) is 48.4 Å². The van der Waals surface area contributed by atoms with Gasteiger partial charge in [-0.25, -0.2) is 4.98 Å². The minimum atomic E-state index is 0.649. The van der Waals surface area contributed by atoms with Gasteiger partial charge in [-0.1, -0.05) is 0 Å². The Morgan fingerprint density at radius 2 is 1.87 bits per heavy atom. The number of methoxy groups -OCH3 is 3. The molecule has 0 unspecified atom stereocenters. The van der Waals surface area contributed by atoms with Gasteiger partial charge in [0.1, 0.15) is 5.82 Å². The molecule has 0 N–H and O–H groups in total. The second-order valence-electron chi connectivity index (χ2n) is 5.38. The van der Waals surface area contributed by atoms with E-state index in [2.05, 4.69) is 26.4 Å². The van der Waals surface area contributed by atoms with E-state index in [0.29, 0.717) is 6.61 Å². The van der Waals surface area contributed by atoms with Crippen LogP contribution in [-0.4, -0.2) is 43.8 Å². The Morgan fingerprint density at radius 3 is 2.57 bits per heavy atom. The fourth-order valence-corrected chi connectivity index (χ4v) is 3.45. The van der Waals surface area contributed by atoms with Gasteiger partial charge in [-0.05, 0) is 29.7 Å². The van der Waals surface area contributed by atoms with Gasteiger partial charge < -0.3 is 19.1 Å². The molecule has 0 amide bonds. The zero-order chi connectivity index (χ0) is 16.2. The molecule has 0 radical (unpaired) electrons. The maximum atomic E-state index is 5.41. The first-order valence-corrected chi connectivity index (χ1v) is 8.32. The molecule has 1 aromatic carbocycles. The number of rotatable bonds is 6. The number of hydrogen-bond acceptors (Lipinski definition) is 7. The van der Waals surface area contributed by atoms with E-state index in [-0.39, 0.29) is 0 Å². The lowest BCUT2D eigenvalue weighted by molar-refractivity contribution is 0.201. The Bertz CT molecular complexity index is 675. The van der Waals surface area contributed by atoms with Crippen molar-refractivity contribution in [3.63, 3.8) is 0 Å². The fourth-order valence-electron chi connectivity index (χ4n) is 2.71. The van der Waals surface area contributed by atoms with Crippen LogP contribution in [0, 0.1) is 0 Å². The highest BCUT2D eigenvalue weighted by molar-refractivity contribution is 7.09. The summed E-state index contributed by atoms with van der Waals surface area (Å²) >= 11 is 1.45. The molecule has 3 rings (SSSR count). The number of aromatic nitrogens is 2. The van der Waals surface area contributed by atoms with E-state index < -0.39 is 0 Å². The van der Waals surface area contributed by atoms with Crippen molar-refractivity contribution < 1.29 is 14.2 Å². The Balaban J connectivity index is 1.78. The molecule has 0 bridgehead atoms. The summed E-state index contributed by atoms with van der Waals surface area (Å²) in [6, 6.07) is 4.14. The molecule has 0 fully saturated rings. The van der Waals surface area contributed by atoms with Gasteiger partial charge in [-0.2, -0.15) is 4.37 Å². The Hall–Kier alpha value is -1.86. The van der Waals surface area contributed by atoms with Crippen LogP contribution >= 0.6 is 11.5 Å². The second kappa shape index (κ2) is 7.14. The van der Waals surface area contributed by atoms with Gasteiger partial charge in [-0.15, -0.1) is 0 Å². The van der Waals surface area contributed by atoms with Crippen LogP contribution in [0.2, 0.25) is 0 Å². The topological polar surface area (TPSA) is 56.7 Å². The van der Waals surface area contributed by atoms with Crippen molar-refractivity contribution in [2.24, 2.45) is 0 Å². The van der Waals surface area contributed by atoms with Crippen LogP contribution in [0.5, 0.6) is 11.5 Å². The van der Waals surface area contributed by atoms with Gasteiger partial charge in [0, 0.05) is 38.2 Å². The molecule has 2 heterocycles. The standard InChI is InChI=1S/C16H21N3O3S/c1-20-7-5-15-17-16(23-18-15)19-6-4-11-8-13(21-2)14(22-3)9-12(11)10-19/h8-9H,4-7,10H2,1-3H3. The maximum Gasteiger partial charge on any atom is 0.205 e. The van der Waals surface area contributed by atoms with E-state index in [9.17, 15) is 0 Å². The van der Waals surface area contributed by atoms with Crippen molar-refractivity contribution in [1.29, 1.82) is 0 Å². The summed E-state index contributed by atoms with van der Waals surface area (Å²) in [5, 5.41) is 0.969. The van der Waals surface area contributed by atoms with Crippen LogP contribution in [0.3, 0.4) is 0 Å². The maximum absolute atomic E-state index is 5.41. The third-order valence-corrected chi connectivity index (χ3v) is 4.79. The Labute approximate surface area is 140 Å². The molecule has 7 heteroatoms. The van der Waals surface area contributed by atoms with Crippen molar-refractivity contribution in [3.8, 4) is 11.5 Å². The number of fused-ring (bicyclic) bond motifs is 1. The highest BCUT2D eigenvalue weighted by Gasteiger charge is 2.22. The Morgan fingerprint density at radius 1 is 1.13 bits per heavy atom. The zero-order valence-corrected chi connectivity index (χ0v) is 14.5. The summed E-state index contributed by atoms with van der Waals surface area (Å²) in [6.07, 6.45) is 1.71. The fraction of sp³-hybridized carbons (Fsp3) is 0.500. The third-order valence-electron chi connectivity index (χ3n) is 3.98. The van der Waals surface area contributed by atoms with Crippen LogP contribution in [0.4, 0.5) is 5.13 Å². The average molecular weight is 335 g/mol. The van der Waals surface area contributed by atoms with Crippen LogP contribution in [-0.2, 0) is 24.1 Å². The zero-order valence-electron chi connectivity index (χ0n) is 13.7. The smallest absolute Gasteiger partial charge is 0.205 e. The van der Waals surface area contributed by atoms with Crippen LogP contribution < -0.4 is 14.4 Å². The Kier molecular flexibility index (Phi) is 4.97. The predicted molar refractivity (Wildman–Crippen MR) is 89.8 cm³/mol. The van der Waals surface area contributed by atoms with Crippen LogP contribution in [0.15, 0.2) is 12.1 Å². The first kappa shape index (κ1) is 16.0. The molecule has 2 aromatic rings. The molecule has 0 saturated carbocycles. The summed E-state index contributed by atoms with van der Waals surface area (Å²) < 4.78 is 20.3. The van der Waals surface area contributed by atoms with E-state index in [4.69, 9.17) is 14.2 Å². The second-order valence-corrected chi connectivity index (χ2v) is 6.11. The summed E-state index contributed by atoms with van der Waals surface area (Å²) in [4.78, 5) is 6.88. The molecule has 1 aliphatic rings. The number of nitrogens with zero attached hydrogens (tertiary/aromatic N) is 3. The summed E-state index contributed by atoms with van der Waals surface area (Å²) in [6.45, 7) is 2.39. The van der Waals surface area contributed by atoms with Gasteiger partial charge in [0.2, 0.25) is 5.13 Å². The molecule has 0 spiro atoms. The van der Waals surface area contributed by atoms with E-state index in [1.807, 2.05) is 0 Å². The van der Waals surface area contributed by atoms with Crippen molar-refractivity contribution in [1.82, 2.24) is 9.36 Å². The molecular weight excluding hydrogens is 314 g/mol. The minimum Gasteiger partial charge on any atom is -0.493 e.